The molecule has 0 aliphatic rings. The van der Waals surface area contributed by atoms with E-state index in [4.69, 9.17) is 10.2 Å². The number of aryl methyl sites for hydroxylation is 3. The molecule has 0 amide bonds. The van der Waals surface area contributed by atoms with Gasteiger partial charge in [0.1, 0.15) is 11.5 Å². The Labute approximate surface area is 118 Å². The van der Waals surface area contributed by atoms with Crippen LogP contribution in [0.4, 0.5) is 0 Å². The number of nitrogens with two attached hydrogens (primary N) is 1. The molecular weight excluding hydrogens is 258 g/mol. The van der Waals surface area contributed by atoms with Gasteiger partial charge in [0.15, 0.2) is 0 Å². The third-order valence-electron chi connectivity index (χ3n) is 3.11. The lowest BCUT2D eigenvalue weighted by molar-refractivity contribution is 0.454. The van der Waals surface area contributed by atoms with E-state index in [2.05, 4.69) is 18.1 Å². The quantitative estimate of drug-likeness (QED) is 0.854. The molecule has 0 saturated heterocycles. The summed E-state index contributed by atoms with van der Waals surface area (Å²) in [7, 11) is 1.96. The Balaban J connectivity index is 2.26. The van der Waals surface area contributed by atoms with E-state index < -0.39 is 0 Å². The van der Waals surface area contributed by atoms with Gasteiger partial charge in [-0.15, -0.1) is 0 Å². The van der Waals surface area contributed by atoms with E-state index in [1.54, 1.807) is 11.8 Å². The van der Waals surface area contributed by atoms with Gasteiger partial charge in [-0.1, -0.05) is 18.7 Å². The van der Waals surface area contributed by atoms with Crippen molar-refractivity contribution in [2.45, 2.75) is 43.5 Å². The first kappa shape index (κ1) is 14.2. The molecule has 2 aromatic heterocycles. The van der Waals surface area contributed by atoms with Gasteiger partial charge >= 0.3 is 0 Å². The zero-order chi connectivity index (χ0) is 14.0. The third kappa shape index (κ3) is 3.22. The number of thioether (sulfide) groups is 1. The minimum absolute atomic E-state index is 0.0609. The SMILES string of the molecule is CCC(N)C(Sc1cc(C)nn1C)c1ccc(C)o1. The lowest BCUT2D eigenvalue weighted by atomic mass is 10.1. The molecule has 0 aliphatic heterocycles. The van der Waals surface area contributed by atoms with Crippen LogP contribution in [0.25, 0.3) is 0 Å². The van der Waals surface area contributed by atoms with E-state index in [1.165, 1.54) is 0 Å². The molecule has 2 aromatic rings. The summed E-state index contributed by atoms with van der Waals surface area (Å²) < 4.78 is 7.65. The Morgan fingerprint density at radius 1 is 1.42 bits per heavy atom. The number of furan rings is 1. The molecule has 5 heteroatoms. The molecule has 0 aromatic carbocycles. The van der Waals surface area contributed by atoms with Gasteiger partial charge in [0.2, 0.25) is 0 Å². The van der Waals surface area contributed by atoms with Crippen molar-refractivity contribution in [1.29, 1.82) is 0 Å². The highest BCUT2D eigenvalue weighted by Gasteiger charge is 2.24. The van der Waals surface area contributed by atoms with Crippen LogP contribution in [0.1, 0.15) is 35.8 Å². The van der Waals surface area contributed by atoms with E-state index in [0.29, 0.717) is 0 Å². The first-order valence-corrected chi connectivity index (χ1v) is 7.38. The average molecular weight is 279 g/mol. The first-order valence-electron chi connectivity index (χ1n) is 6.50. The number of aromatic nitrogens is 2. The molecule has 0 bridgehead atoms. The van der Waals surface area contributed by atoms with Crippen LogP contribution in [0.5, 0.6) is 0 Å². The lowest BCUT2D eigenvalue weighted by Gasteiger charge is -2.20. The molecule has 0 fully saturated rings. The Morgan fingerprint density at radius 3 is 2.63 bits per heavy atom. The molecule has 0 saturated carbocycles. The Bertz CT molecular complexity index is 547. The summed E-state index contributed by atoms with van der Waals surface area (Å²) in [4.78, 5) is 0. The zero-order valence-electron chi connectivity index (χ0n) is 11.9. The van der Waals surface area contributed by atoms with Crippen molar-refractivity contribution in [3.8, 4) is 0 Å². The molecule has 2 N–H and O–H groups in total. The monoisotopic (exact) mass is 279 g/mol. The highest BCUT2D eigenvalue weighted by atomic mass is 32.2. The van der Waals surface area contributed by atoms with Crippen molar-refractivity contribution < 1.29 is 4.42 Å². The highest BCUT2D eigenvalue weighted by Crippen LogP contribution is 2.38. The van der Waals surface area contributed by atoms with Crippen molar-refractivity contribution in [3.05, 3.63) is 35.4 Å². The standard InChI is InChI=1S/C14H21N3OS/c1-5-11(15)14(12-7-6-10(3)18-12)19-13-8-9(2)16-17(13)4/h6-8,11,14H,5,15H2,1-4H3. The second kappa shape index (κ2) is 5.84. The molecule has 4 nitrogen and oxygen atoms in total. The van der Waals surface area contributed by atoms with E-state index in [9.17, 15) is 0 Å². The summed E-state index contributed by atoms with van der Waals surface area (Å²) in [6, 6.07) is 6.15. The van der Waals surface area contributed by atoms with Crippen LogP contribution in [0.15, 0.2) is 27.6 Å². The van der Waals surface area contributed by atoms with E-state index in [1.807, 2.05) is 37.7 Å². The van der Waals surface area contributed by atoms with Gasteiger partial charge in [-0.25, -0.2) is 0 Å². The predicted octanol–water partition coefficient (Wildman–Crippen LogP) is 3.20. The van der Waals surface area contributed by atoms with Crippen molar-refractivity contribution in [2.75, 3.05) is 0 Å². The maximum atomic E-state index is 6.25. The molecule has 0 aliphatic carbocycles. The fourth-order valence-corrected chi connectivity index (χ4v) is 3.31. The van der Waals surface area contributed by atoms with Gasteiger partial charge < -0.3 is 10.2 Å². The summed E-state index contributed by atoms with van der Waals surface area (Å²) >= 11 is 1.72. The summed E-state index contributed by atoms with van der Waals surface area (Å²) in [5.41, 5.74) is 7.27. The minimum atomic E-state index is 0.0609. The van der Waals surface area contributed by atoms with Crippen LogP contribution >= 0.6 is 11.8 Å². The summed E-state index contributed by atoms with van der Waals surface area (Å²) in [6.07, 6.45) is 0.911. The van der Waals surface area contributed by atoms with Gasteiger partial charge in [0, 0.05) is 13.1 Å². The highest BCUT2D eigenvalue weighted by molar-refractivity contribution is 7.99. The topological polar surface area (TPSA) is 57.0 Å². The number of nitrogens with zero attached hydrogens (tertiary/aromatic N) is 2. The average Bonchev–Trinajstić information content (AvgIpc) is 2.91. The Hall–Kier alpha value is -1.20. The summed E-state index contributed by atoms with van der Waals surface area (Å²) in [5, 5.41) is 5.60. The van der Waals surface area contributed by atoms with Gasteiger partial charge in [-0.05, 0) is 38.5 Å². The van der Waals surface area contributed by atoms with Crippen LogP contribution < -0.4 is 5.73 Å². The summed E-state index contributed by atoms with van der Waals surface area (Å²) in [6.45, 7) is 6.05. The van der Waals surface area contributed by atoms with Crippen LogP contribution in [-0.2, 0) is 7.05 Å². The van der Waals surface area contributed by atoms with E-state index in [0.717, 1.165) is 28.7 Å². The molecule has 2 rings (SSSR count). The largest absolute Gasteiger partial charge is 0.465 e. The molecule has 104 valence electrons. The molecule has 19 heavy (non-hydrogen) atoms. The fraction of sp³-hybridized carbons (Fsp3) is 0.500. The zero-order valence-corrected chi connectivity index (χ0v) is 12.7. The van der Waals surface area contributed by atoms with Crippen LogP contribution in [-0.4, -0.2) is 15.8 Å². The second-order valence-electron chi connectivity index (χ2n) is 4.81. The fourth-order valence-electron chi connectivity index (χ4n) is 2.00. The van der Waals surface area contributed by atoms with Gasteiger partial charge in [0.05, 0.1) is 16.0 Å². The molecule has 0 spiro atoms. The first-order chi connectivity index (χ1) is 9.01. The van der Waals surface area contributed by atoms with E-state index in [-0.39, 0.29) is 11.3 Å². The summed E-state index contributed by atoms with van der Waals surface area (Å²) in [5.74, 6) is 1.86. The van der Waals surface area contributed by atoms with Crippen molar-refractivity contribution in [1.82, 2.24) is 9.78 Å². The number of hydrogen-bond acceptors (Lipinski definition) is 4. The molecule has 0 radical (unpaired) electrons. The van der Waals surface area contributed by atoms with Gasteiger partial charge in [-0.2, -0.15) is 5.10 Å². The van der Waals surface area contributed by atoms with Crippen LogP contribution in [0.3, 0.4) is 0 Å². The Kier molecular flexibility index (Phi) is 4.37. The molecule has 2 heterocycles. The molecule has 2 atom stereocenters. The van der Waals surface area contributed by atoms with Gasteiger partial charge in [-0.3, -0.25) is 4.68 Å². The van der Waals surface area contributed by atoms with Crippen molar-refractivity contribution >= 4 is 11.8 Å². The van der Waals surface area contributed by atoms with E-state index >= 15 is 0 Å². The van der Waals surface area contributed by atoms with Crippen molar-refractivity contribution in [3.63, 3.8) is 0 Å². The maximum Gasteiger partial charge on any atom is 0.119 e. The normalized spacial score (nSPS) is 14.6. The second-order valence-corrected chi connectivity index (χ2v) is 5.97. The van der Waals surface area contributed by atoms with Crippen molar-refractivity contribution in [2.24, 2.45) is 12.8 Å². The molecular formula is C14H21N3OS. The number of rotatable bonds is 5. The number of hydrogen-bond donors (Lipinski definition) is 1. The predicted molar refractivity (Wildman–Crippen MR) is 78.3 cm³/mol. The van der Waals surface area contributed by atoms with Crippen LogP contribution in [0.2, 0.25) is 0 Å². The maximum absolute atomic E-state index is 6.25. The smallest absolute Gasteiger partial charge is 0.119 e. The van der Waals surface area contributed by atoms with Gasteiger partial charge in [0.25, 0.3) is 0 Å². The third-order valence-corrected chi connectivity index (χ3v) is 4.57. The Morgan fingerprint density at radius 2 is 2.16 bits per heavy atom. The minimum Gasteiger partial charge on any atom is -0.465 e. The lowest BCUT2D eigenvalue weighted by Crippen LogP contribution is -2.25. The van der Waals surface area contributed by atoms with Crippen LogP contribution in [0, 0.1) is 13.8 Å². The molecule has 2 unspecified atom stereocenters.